The first-order chi connectivity index (χ1) is 8.06. The largest absolute Gasteiger partial charge is 0.234 e. The number of rotatable bonds is 11. The van der Waals surface area contributed by atoms with Crippen molar-refractivity contribution in [1.29, 1.82) is 0 Å². The first-order valence-corrected chi connectivity index (χ1v) is 7.77. The summed E-state index contributed by atoms with van der Waals surface area (Å²) in [7, 11) is 0. The average molecular weight is 262 g/mol. The lowest BCUT2D eigenvalue weighted by molar-refractivity contribution is 0.356. The second-order valence-corrected chi connectivity index (χ2v) is 6.64. The van der Waals surface area contributed by atoms with E-state index in [0.717, 1.165) is 6.54 Å². The van der Waals surface area contributed by atoms with E-state index in [1.165, 1.54) is 64.2 Å². The fourth-order valence-corrected chi connectivity index (χ4v) is 2.22. The average Bonchev–Trinajstić information content (AvgIpc) is 2.24. The van der Waals surface area contributed by atoms with Gasteiger partial charge in [0.25, 0.3) is 0 Å². The van der Waals surface area contributed by atoms with E-state index in [9.17, 15) is 0 Å². The van der Waals surface area contributed by atoms with Crippen LogP contribution in [0.4, 0.5) is 0 Å². The van der Waals surface area contributed by atoms with Gasteiger partial charge in [-0.05, 0) is 30.0 Å². The maximum atomic E-state index is 5.39. The molecule has 0 aromatic carbocycles. The molecular weight excluding hydrogens is 230 g/mol. The predicted molar refractivity (Wildman–Crippen MR) is 79.5 cm³/mol. The summed E-state index contributed by atoms with van der Waals surface area (Å²) in [4.78, 5) is 2.68. The Labute approximate surface area is 114 Å². The molecule has 0 aliphatic carbocycles. The fraction of sp³-hybridized carbons (Fsp3) is 1.00. The lowest BCUT2D eigenvalue weighted by Gasteiger charge is -2.17. The van der Waals surface area contributed by atoms with Gasteiger partial charge in [0.05, 0.1) is 0 Å². The van der Waals surface area contributed by atoms with Crippen molar-refractivity contribution in [3.05, 3.63) is 0 Å². The smallest absolute Gasteiger partial charge is 0.0108 e. The third-order valence-electron chi connectivity index (χ3n) is 3.20. The normalized spacial score (nSPS) is 12.0. The molecule has 0 aromatic heterocycles. The van der Waals surface area contributed by atoms with Crippen molar-refractivity contribution in [3.63, 3.8) is 0 Å². The highest BCUT2D eigenvalue weighted by molar-refractivity contribution is 6.13. The van der Waals surface area contributed by atoms with Crippen LogP contribution >= 0.6 is 11.8 Å². The summed E-state index contributed by atoms with van der Waals surface area (Å²) in [5.74, 6) is 0. The van der Waals surface area contributed by atoms with Crippen molar-refractivity contribution in [2.45, 2.75) is 85.0 Å². The number of halogens is 1. The third-order valence-corrected chi connectivity index (χ3v) is 3.39. The van der Waals surface area contributed by atoms with Crippen molar-refractivity contribution in [2.24, 2.45) is 5.41 Å². The van der Waals surface area contributed by atoms with Gasteiger partial charge in [0.2, 0.25) is 0 Å². The number of hydrogen-bond donors (Lipinski definition) is 1. The van der Waals surface area contributed by atoms with Crippen LogP contribution in [0.25, 0.3) is 0 Å². The minimum Gasteiger partial charge on any atom is -0.234 e. The van der Waals surface area contributed by atoms with Crippen LogP contribution in [0.15, 0.2) is 0 Å². The van der Waals surface area contributed by atoms with Crippen LogP contribution in [0, 0.1) is 5.41 Å². The second-order valence-electron chi connectivity index (χ2n) is 6.38. The molecule has 0 aliphatic rings. The molecule has 0 amide bonds. The van der Waals surface area contributed by atoms with E-state index in [-0.39, 0.29) is 0 Å². The molecule has 2 heteroatoms. The summed E-state index contributed by atoms with van der Waals surface area (Å²) in [5.41, 5.74) is 0.524. The summed E-state index contributed by atoms with van der Waals surface area (Å²) < 4.78 is 0. The molecule has 0 radical (unpaired) electrons. The molecular formula is C15H32ClN. The Morgan fingerprint density at radius 3 is 1.53 bits per heavy atom. The molecule has 0 bridgehead atoms. The van der Waals surface area contributed by atoms with Gasteiger partial charge in [0.15, 0.2) is 0 Å². The van der Waals surface area contributed by atoms with Gasteiger partial charge in [-0.1, -0.05) is 72.1 Å². The van der Waals surface area contributed by atoms with E-state index < -0.39 is 0 Å². The van der Waals surface area contributed by atoms with Crippen LogP contribution in [0.5, 0.6) is 0 Å². The zero-order chi connectivity index (χ0) is 13.0. The second kappa shape index (κ2) is 11.3. The lowest BCUT2D eigenvalue weighted by atomic mass is 9.89. The summed E-state index contributed by atoms with van der Waals surface area (Å²) in [6.07, 6.45) is 13.8. The topological polar surface area (TPSA) is 12.0 Å². The van der Waals surface area contributed by atoms with Gasteiger partial charge in [0, 0.05) is 6.54 Å². The van der Waals surface area contributed by atoms with Crippen LogP contribution < -0.4 is 4.84 Å². The molecule has 0 atom stereocenters. The first kappa shape index (κ1) is 17.2. The van der Waals surface area contributed by atoms with Gasteiger partial charge in [-0.3, -0.25) is 0 Å². The van der Waals surface area contributed by atoms with E-state index >= 15 is 0 Å². The van der Waals surface area contributed by atoms with Gasteiger partial charge in [0.1, 0.15) is 0 Å². The zero-order valence-electron chi connectivity index (χ0n) is 12.2. The van der Waals surface area contributed by atoms with Gasteiger partial charge in [-0.2, -0.15) is 0 Å². The number of unbranched alkanes of at least 4 members (excludes halogenated alkanes) is 8. The van der Waals surface area contributed by atoms with E-state index in [4.69, 9.17) is 11.8 Å². The first-order valence-electron chi connectivity index (χ1n) is 7.40. The van der Waals surface area contributed by atoms with E-state index in [2.05, 4.69) is 25.6 Å². The number of hydrogen-bond acceptors (Lipinski definition) is 1. The number of nitrogens with one attached hydrogen (secondary N) is 1. The van der Waals surface area contributed by atoms with Gasteiger partial charge < -0.3 is 0 Å². The minimum atomic E-state index is 0.524. The molecule has 1 N–H and O–H groups in total. The van der Waals surface area contributed by atoms with Crippen LogP contribution in [0.2, 0.25) is 0 Å². The molecule has 0 unspecified atom stereocenters. The van der Waals surface area contributed by atoms with E-state index in [1.807, 2.05) is 0 Å². The zero-order valence-corrected chi connectivity index (χ0v) is 12.9. The van der Waals surface area contributed by atoms with Gasteiger partial charge in [-0.15, -0.1) is 0 Å². The molecule has 104 valence electrons. The van der Waals surface area contributed by atoms with Crippen LogP contribution in [-0.4, -0.2) is 6.54 Å². The van der Waals surface area contributed by atoms with Crippen molar-refractivity contribution < 1.29 is 0 Å². The maximum absolute atomic E-state index is 5.39. The summed E-state index contributed by atoms with van der Waals surface area (Å²) in [6, 6.07) is 0. The Morgan fingerprint density at radius 1 is 0.706 bits per heavy atom. The molecule has 0 aromatic rings. The Balaban J connectivity index is 2.99. The summed E-state index contributed by atoms with van der Waals surface area (Å²) in [5, 5.41) is 0. The molecule has 0 rings (SSSR count). The SMILES string of the molecule is CC(C)(C)CCCCCCCCCCCNCl. The highest BCUT2D eigenvalue weighted by Gasteiger charge is 2.08. The molecule has 0 fully saturated rings. The predicted octanol–water partition coefficient (Wildman–Crippen LogP) is 5.68. The Bertz CT molecular complexity index is 151. The van der Waals surface area contributed by atoms with Crippen molar-refractivity contribution >= 4 is 11.8 Å². The van der Waals surface area contributed by atoms with Crippen LogP contribution in [0.3, 0.4) is 0 Å². The monoisotopic (exact) mass is 261 g/mol. The summed E-state index contributed by atoms with van der Waals surface area (Å²) >= 11 is 5.39. The van der Waals surface area contributed by atoms with Crippen molar-refractivity contribution in [3.8, 4) is 0 Å². The van der Waals surface area contributed by atoms with Crippen molar-refractivity contribution in [2.75, 3.05) is 6.54 Å². The molecule has 0 saturated heterocycles. The minimum absolute atomic E-state index is 0.524. The van der Waals surface area contributed by atoms with Crippen molar-refractivity contribution in [1.82, 2.24) is 4.84 Å². The molecule has 0 aliphatic heterocycles. The lowest BCUT2D eigenvalue weighted by Crippen LogP contribution is -2.03. The quantitative estimate of drug-likeness (QED) is 0.373. The van der Waals surface area contributed by atoms with Crippen LogP contribution in [-0.2, 0) is 0 Å². The van der Waals surface area contributed by atoms with Crippen LogP contribution in [0.1, 0.15) is 85.0 Å². The molecule has 1 nitrogen and oxygen atoms in total. The Hall–Kier alpha value is 0.250. The summed E-state index contributed by atoms with van der Waals surface area (Å²) in [6.45, 7) is 7.96. The molecule has 0 heterocycles. The standard InChI is InChI=1S/C15H32ClN/c1-15(2,3)13-11-9-7-5-4-6-8-10-12-14-17-16/h17H,4-14H2,1-3H3. The van der Waals surface area contributed by atoms with E-state index in [0.29, 0.717) is 5.41 Å². The Morgan fingerprint density at radius 2 is 1.12 bits per heavy atom. The molecule has 0 saturated carbocycles. The van der Waals surface area contributed by atoms with E-state index in [1.54, 1.807) is 0 Å². The maximum Gasteiger partial charge on any atom is 0.0108 e. The third kappa shape index (κ3) is 16.2. The highest BCUT2D eigenvalue weighted by atomic mass is 35.5. The van der Waals surface area contributed by atoms with Gasteiger partial charge >= 0.3 is 0 Å². The molecule has 0 spiro atoms. The van der Waals surface area contributed by atoms with Gasteiger partial charge in [-0.25, -0.2) is 4.84 Å². The fourth-order valence-electron chi connectivity index (χ4n) is 2.08. The highest BCUT2D eigenvalue weighted by Crippen LogP contribution is 2.22. The molecule has 17 heavy (non-hydrogen) atoms. The Kier molecular flexibility index (Phi) is 11.5.